The minimum absolute atomic E-state index is 0.131. The van der Waals surface area contributed by atoms with E-state index in [9.17, 15) is 0 Å². The molecule has 4 heteroatoms. The van der Waals surface area contributed by atoms with Crippen molar-refractivity contribution >= 4 is 51.3 Å². The van der Waals surface area contributed by atoms with Crippen LogP contribution in [0.3, 0.4) is 0 Å². The highest BCUT2D eigenvalue weighted by Crippen LogP contribution is 2.35. The third kappa shape index (κ3) is 5.93. The van der Waals surface area contributed by atoms with Crippen LogP contribution in [-0.4, -0.2) is 9.04 Å². The number of halogens is 2. The molecule has 4 aromatic rings. The Bertz CT molecular complexity index is 1160. The second-order valence-corrected chi connectivity index (χ2v) is 13.5. The molecule has 0 amide bonds. The van der Waals surface area contributed by atoms with Gasteiger partial charge in [-0.15, -0.1) is 0 Å². The van der Waals surface area contributed by atoms with Crippen molar-refractivity contribution in [1.82, 2.24) is 0 Å². The lowest BCUT2D eigenvalue weighted by Gasteiger charge is -2.21. The van der Waals surface area contributed by atoms with Gasteiger partial charge in [-0.05, 0) is 50.2 Å². The molecule has 0 aliphatic carbocycles. The molecule has 0 heterocycles. The van der Waals surface area contributed by atoms with Crippen LogP contribution in [-0.2, 0) is 16.4 Å². The van der Waals surface area contributed by atoms with Crippen molar-refractivity contribution < 1.29 is 4.43 Å². The lowest BCUT2D eigenvalue weighted by atomic mass is 9.86. The van der Waals surface area contributed by atoms with Gasteiger partial charge in [0.05, 0.1) is 6.61 Å². The zero-order valence-corrected chi connectivity index (χ0v) is 23.5. The van der Waals surface area contributed by atoms with Crippen LogP contribution < -0.4 is 10.4 Å². The molecule has 0 unspecified atom stereocenters. The van der Waals surface area contributed by atoms with Gasteiger partial charge < -0.3 is 4.43 Å². The molecule has 33 heavy (non-hydrogen) atoms. The first kappa shape index (κ1) is 24.2. The summed E-state index contributed by atoms with van der Waals surface area (Å²) >= 11 is 7.49. The first-order valence-electron chi connectivity index (χ1n) is 11.1. The van der Waals surface area contributed by atoms with Gasteiger partial charge in [0.15, 0.2) is 0 Å². The molecular weight excluding hydrogens is 552 g/mol. The van der Waals surface area contributed by atoms with E-state index in [1.807, 2.05) is 0 Å². The number of benzene rings is 4. The lowest BCUT2D eigenvalue weighted by molar-refractivity contribution is 0.321. The third-order valence-corrected chi connectivity index (χ3v) is 9.47. The molecule has 0 bridgehead atoms. The standard InChI is InChI=1S/C29H28Br2OSi/c1-29(2,3)22-16-14-21(15-17-22)26-18-23(30)19-28(31)27(26)20-32-33(24-10-6-4-7-11-24)25-12-8-5-9-13-25/h4-19,33H,20H2,1-3H3. The summed E-state index contributed by atoms with van der Waals surface area (Å²) < 4.78 is 8.86. The quantitative estimate of drug-likeness (QED) is 0.219. The van der Waals surface area contributed by atoms with Crippen molar-refractivity contribution in [2.24, 2.45) is 0 Å². The predicted molar refractivity (Wildman–Crippen MR) is 150 cm³/mol. The molecule has 0 aliphatic rings. The number of hydrogen-bond donors (Lipinski definition) is 0. The summed E-state index contributed by atoms with van der Waals surface area (Å²) in [7, 11) is -1.83. The zero-order chi connectivity index (χ0) is 23.4. The Morgan fingerprint density at radius 1 is 0.727 bits per heavy atom. The van der Waals surface area contributed by atoms with Gasteiger partial charge in [-0.2, -0.15) is 0 Å². The van der Waals surface area contributed by atoms with Gasteiger partial charge in [0.1, 0.15) is 0 Å². The summed E-state index contributed by atoms with van der Waals surface area (Å²) in [5.74, 6) is 0. The van der Waals surface area contributed by atoms with E-state index in [0.717, 1.165) is 8.95 Å². The largest absolute Gasteiger partial charge is 0.407 e. The highest BCUT2D eigenvalue weighted by molar-refractivity contribution is 9.11. The van der Waals surface area contributed by atoms with Crippen molar-refractivity contribution in [3.05, 3.63) is 117 Å². The molecular formula is C29H28Br2OSi. The topological polar surface area (TPSA) is 9.23 Å². The SMILES string of the molecule is CC(C)(C)c1ccc(-c2cc(Br)cc(Br)c2CO[SiH](c2ccccc2)c2ccccc2)cc1. The molecule has 0 aliphatic heterocycles. The Balaban J connectivity index is 1.69. The minimum atomic E-state index is -1.83. The van der Waals surface area contributed by atoms with E-state index in [1.165, 1.54) is 32.6 Å². The number of rotatable bonds is 6. The Morgan fingerprint density at radius 2 is 1.27 bits per heavy atom. The van der Waals surface area contributed by atoms with Crippen molar-refractivity contribution in [3.63, 3.8) is 0 Å². The van der Waals surface area contributed by atoms with E-state index in [4.69, 9.17) is 4.43 Å². The molecule has 4 aromatic carbocycles. The molecule has 0 radical (unpaired) electrons. The van der Waals surface area contributed by atoms with E-state index in [-0.39, 0.29) is 5.41 Å². The molecule has 0 saturated carbocycles. The van der Waals surface area contributed by atoms with Crippen molar-refractivity contribution in [3.8, 4) is 11.1 Å². The van der Waals surface area contributed by atoms with Crippen LogP contribution in [0, 0.1) is 0 Å². The Labute approximate surface area is 215 Å². The summed E-state index contributed by atoms with van der Waals surface area (Å²) in [6, 6.07) is 34.5. The fraction of sp³-hybridized carbons (Fsp3) is 0.172. The maximum absolute atomic E-state index is 6.75. The molecule has 1 nitrogen and oxygen atoms in total. The molecule has 0 N–H and O–H groups in total. The first-order chi connectivity index (χ1) is 15.8. The van der Waals surface area contributed by atoms with E-state index in [0.29, 0.717) is 6.61 Å². The molecule has 168 valence electrons. The summed E-state index contributed by atoms with van der Waals surface area (Å²) in [6.45, 7) is 7.28. The van der Waals surface area contributed by atoms with E-state index in [2.05, 4.69) is 150 Å². The number of hydrogen-bond acceptors (Lipinski definition) is 1. The van der Waals surface area contributed by atoms with Crippen LogP contribution in [0.15, 0.2) is 106 Å². The Morgan fingerprint density at radius 3 is 1.79 bits per heavy atom. The van der Waals surface area contributed by atoms with Crippen LogP contribution in [0.2, 0.25) is 0 Å². The first-order valence-corrected chi connectivity index (χ1v) is 14.3. The average Bonchev–Trinajstić information content (AvgIpc) is 2.81. The maximum atomic E-state index is 6.75. The summed E-state index contributed by atoms with van der Waals surface area (Å²) in [4.78, 5) is 0. The highest BCUT2D eigenvalue weighted by atomic mass is 79.9. The second kappa shape index (κ2) is 10.5. The van der Waals surface area contributed by atoms with Gasteiger partial charge in [0, 0.05) is 8.95 Å². The van der Waals surface area contributed by atoms with Crippen LogP contribution in [0.1, 0.15) is 31.9 Å². The van der Waals surface area contributed by atoms with Crippen molar-refractivity contribution in [2.75, 3.05) is 0 Å². The summed E-state index contributed by atoms with van der Waals surface area (Å²) in [5, 5.41) is 2.57. The minimum Gasteiger partial charge on any atom is -0.407 e. The van der Waals surface area contributed by atoms with Crippen molar-refractivity contribution in [1.29, 1.82) is 0 Å². The van der Waals surface area contributed by atoms with Gasteiger partial charge >= 0.3 is 0 Å². The monoisotopic (exact) mass is 578 g/mol. The van der Waals surface area contributed by atoms with Crippen LogP contribution in [0.25, 0.3) is 11.1 Å². The Hall–Kier alpha value is -1.98. The molecule has 0 atom stereocenters. The maximum Gasteiger partial charge on any atom is 0.240 e. The molecule has 0 fully saturated rings. The Kier molecular flexibility index (Phi) is 7.70. The van der Waals surface area contributed by atoms with Crippen molar-refractivity contribution in [2.45, 2.75) is 32.8 Å². The molecule has 0 aromatic heterocycles. The smallest absolute Gasteiger partial charge is 0.240 e. The van der Waals surface area contributed by atoms with Crippen LogP contribution in [0.4, 0.5) is 0 Å². The highest BCUT2D eigenvalue weighted by Gasteiger charge is 2.20. The summed E-state index contributed by atoms with van der Waals surface area (Å²) in [6.07, 6.45) is 0. The lowest BCUT2D eigenvalue weighted by Crippen LogP contribution is -2.44. The van der Waals surface area contributed by atoms with E-state index < -0.39 is 9.04 Å². The summed E-state index contributed by atoms with van der Waals surface area (Å²) in [5.41, 5.74) is 5.02. The van der Waals surface area contributed by atoms with Gasteiger partial charge in [-0.25, -0.2) is 0 Å². The van der Waals surface area contributed by atoms with Crippen LogP contribution in [0.5, 0.6) is 0 Å². The van der Waals surface area contributed by atoms with Gasteiger partial charge in [-0.1, -0.05) is 138 Å². The fourth-order valence-electron chi connectivity index (χ4n) is 3.96. The van der Waals surface area contributed by atoms with Gasteiger partial charge in [0.25, 0.3) is 0 Å². The van der Waals surface area contributed by atoms with Crippen LogP contribution >= 0.6 is 31.9 Å². The molecule has 0 saturated heterocycles. The third-order valence-electron chi connectivity index (χ3n) is 5.82. The molecule has 0 spiro atoms. The fourth-order valence-corrected chi connectivity index (χ4v) is 7.55. The van der Waals surface area contributed by atoms with Gasteiger partial charge in [-0.3, -0.25) is 0 Å². The predicted octanol–water partition coefficient (Wildman–Crippen LogP) is 7.23. The molecule has 4 rings (SSSR count). The van der Waals surface area contributed by atoms with Gasteiger partial charge in [0.2, 0.25) is 9.04 Å². The second-order valence-electron chi connectivity index (χ2n) is 9.25. The normalized spacial score (nSPS) is 11.7. The van der Waals surface area contributed by atoms with E-state index >= 15 is 0 Å². The zero-order valence-electron chi connectivity index (χ0n) is 19.2. The van der Waals surface area contributed by atoms with E-state index in [1.54, 1.807) is 0 Å². The average molecular weight is 580 g/mol.